The molecule has 91 heavy (non-hydrogen) atoms. The van der Waals surface area contributed by atoms with E-state index in [1.165, 1.54) is 44.6 Å². The molecule has 4 aliphatic rings. The van der Waals surface area contributed by atoms with Crippen LogP contribution in [0, 0.1) is 28.6 Å². The zero-order chi connectivity index (χ0) is 65.5. The number of ether oxygens (including phenoxy) is 2. The van der Waals surface area contributed by atoms with E-state index in [1.54, 1.807) is 4.90 Å². The van der Waals surface area contributed by atoms with Crippen LogP contribution in [0.15, 0.2) is 110 Å². The monoisotopic (exact) mass is 1290 g/mol. The lowest BCUT2D eigenvalue weighted by Crippen LogP contribution is -2.55. The van der Waals surface area contributed by atoms with Crippen molar-refractivity contribution in [2.45, 2.75) is 148 Å². The third-order valence-electron chi connectivity index (χ3n) is 18.8. The summed E-state index contributed by atoms with van der Waals surface area (Å²) in [6.07, 6.45) is 8.60. The first-order valence-electron chi connectivity index (χ1n) is 32.2. The molecule has 0 spiro atoms. The number of rotatable bonds is 20. The van der Waals surface area contributed by atoms with Crippen LogP contribution in [0.5, 0.6) is 12.0 Å². The van der Waals surface area contributed by atoms with Crippen LogP contribution >= 0.6 is 11.6 Å². The summed E-state index contributed by atoms with van der Waals surface area (Å²) in [7, 11) is -3.61. The number of aromatic nitrogens is 4. The van der Waals surface area contributed by atoms with Crippen molar-refractivity contribution in [3.8, 4) is 24.2 Å². The number of piperidine rings is 1. The van der Waals surface area contributed by atoms with Gasteiger partial charge in [0.05, 0.1) is 62.3 Å². The van der Waals surface area contributed by atoms with Gasteiger partial charge in [0.1, 0.15) is 11.6 Å². The number of amides is 1. The number of nitrogens with zero attached hydrogens (tertiary/aromatic N) is 11. The van der Waals surface area contributed by atoms with Gasteiger partial charge in [-0.3, -0.25) is 9.59 Å². The zero-order valence-electron chi connectivity index (χ0n) is 55.4. The highest BCUT2D eigenvalue weighted by Crippen LogP contribution is 2.40. The number of fused-ring (bicyclic) bond motifs is 4. The number of benzene rings is 4. The Morgan fingerprint density at radius 1 is 0.604 bits per heavy atom. The van der Waals surface area contributed by atoms with Crippen molar-refractivity contribution in [1.29, 1.82) is 10.5 Å². The van der Waals surface area contributed by atoms with Crippen molar-refractivity contribution in [3.05, 3.63) is 133 Å². The van der Waals surface area contributed by atoms with Crippen LogP contribution in [0.1, 0.15) is 103 Å². The number of nitriles is 2. The fourth-order valence-corrected chi connectivity index (χ4v) is 13.8. The molecule has 10 rings (SSSR count). The standard InChI is InChI=1S/C35H46N6O3Si.C33H45N5O2Si.C3H3ClO/c1-7-32(42)41-21-20-40(24-27(41)16-18-36)33-29-17-19-39(31-15-10-13-26-12-8-9-14-28(26)31)25-30(29)37-34(38-33)43-22-11-23-44-45(5,6)35(2,3)4;1-33(2,3)41(4,5)40-22-10-21-39-32-35-29-24-37(30-15-8-13-26-12-6-7-14-27(26)30)20-17-28(29)31(36-32)38-19-9-11-25(23-38)16-18-34;1-2-3(4)5/h7-10,12-15,27H,1,11,16-17,19-25H2,2-6H3;6-8,12-15,25H,9-11,16-17,19-24H2,1-5H3;2H,1H2. The van der Waals surface area contributed by atoms with Crippen molar-refractivity contribution in [2.24, 2.45) is 5.92 Å². The Bertz CT molecular complexity index is 3590. The first kappa shape index (κ1) is 69.5. The van der Waals surface area contributed by atoms with E-state index in [1.807, 2.05) is 0 Å². The maximum absolute atomic E-state index is 12.6. The highest BCUT2D eigenvalue weighted by Gasteiger charge is 2.39. The van der Waals surface area contributed by atoms with Gasteiger partial charge >= 0.3 is 12.0 Å². The first-order valence-corrected chi connectivity index (χ1v) is 38.4. The van der Waals surface area contributed by atoms with Gasteiger partial charge in [0, 0.05) is 112 Å². The molecule has 4 aromatic carbocycles. The average Bonchev–Trinajstić information content (AvgIpc) is 0.802. The van der Waals surface area contributed by atoms with Crippen LogP contribution in [0.4, 0.5) is 23.0 Å². The maximum atomic E-state index is 12.6. The lowest BCUT2D eigenvalue weighted by atomic mass is 9.94. The Labute approximate surface area is 547 Å². The number of hydrogen-bond acceptors (Lipinski definition) is 16. The molecule has 1 amide bonds. The Morgan fingerprint density at radius 3 is 1.52 bits per heavy atom. The summed E-state index contributed by atoms with van der Waals surface area (Å²) in [5.74, 6) is 2.09. The van der Waals surface area contributed by atoms with E-state index < -0.39 is 21.9 Å². The fourth-order valence-electron chi connectivity index (χ4n) is 11.6. The van der Waals surface area contributed by atoms with Gasteiger partial charge in [-0.2, -0.15) is 30.5 Å². The van der Waals surface area contributed by atoms with E-state index in [0.29, 0.717) is 77.0 Å². The van der Waals surface area contributed by atoms with Gasteiger partial charge in [0.2, 0.25) is 11.1 Å². The Balaban J connectivity index is 0.000000219. The second kappa shape index (κ2) is 31.3. The first-order chi connectivity index (χ1) is 43.4. The molecule has 484 valence electrons. The Kier molecular flexibility index (Phi) is 23.9. The molecule has 0 N–H and O–H groups in total. The third-order valence-corrected chi connectivity index (χ3v) is 28.0. The predicted molar refractivity (Wildman–Crippen MR) is 372 cm³/mol. The SMILES string of the molecule is C=CC(=O)Cl.C=CC(=O)N1CCN(c2nc(OCCCO[Si](C)(C)C(C)(C)C)nc3c2CCN(c2cccc4ccccc24)C3)CC1CC#N.CC(C)(C)[Si](C)(C)OCCCOc1nc2c(c(N3CCCC(CC#N)C3)n1)CCN(c1cccc3ccccc13)C2. The van der Waals surface area contributed by atoms with Gasteiger partial charge in [-0.15, -0.1) is 0 Å². The van der Waals surface area contributed by atoms with Crippen LogP contribution in [0.3, 0.4) is 0 Å². The molecule has 0 radical (unpaired) electrons. The number of allylic oxidation sites excluding steroid dienone is 1. The molecule has 6 aromatic rings. The van der Waals surface area contributed by atoms with Crippen molar-refractivity contribution in [3.63, 3.8) is 0 Å². The molecular formula is C71H94ClN11O6Si2. The molecule has 0 saturated carbocycles. The normalized spacial score (nSPS) is 16.9. The van der Waals surface area contributed by atoms with E-state index >= 15 is 0 Å². The quantitative estimate of drug-likeness (QED) is 0.0304. The van der Waals surface area contributed by atoms with Crippen LogP contribution in [-0.2, 0) is 44.4 Å². The number of carbonyl (C=O) groups is 2. The van der Waals surface area contributed by atoms with E-state index in [9.17, 15) is 20.1 Å². The van der Waals surface area contributed by atoms with Crippen LogP contribution in [0.2, 0.25) is 36.3 Å². The molecule has 6 heterocycles. The molecule has 0 aliphatic carbocycles. The minimum atomic E-state index is -1.83. The summed E-state index contributed by atoms with van der Waals surface area (Å²) in [5, 5.41) is 23.7. The second-order valence-electron chi connectivity index (χ2n) is 27.0. The molecule has 2 fully saturated rings. The highest BCUT2D eigenvalue weighted by atomic mass is 35.5. The van der Waals surface area contributed by atoms with E-state index in [4.69, 9.17) is 49.9 Å². The molecule has 2 saturated heterocycles. The molecule has 0 bridgehead atoms. The molecule has 2 aromatic heterocycles. The smallest absolute Gasteiger partial charge is 0.318 e. The summed E-state index contributed by atoms with van der Waals surface area (Å²) in [6, 6.07) is 35.2. The van der Waals surface area contributed by atoms with Crippen molar-refractivity contribution in [1.82, 2.24) is 24.8 Å². The number of carbonyl (C=O) groups excluding carboxylic acids is 2. The number of piperazine rings is 1. The lowest BCUT2D eigenvalue weighted by Gasteiger charge is -2.42. The van der Waals surface area contributed by atoms with Crippen molar-refractivity contribution >= 4 is 83.9 Å². The van der Waals surface area contributed by atoms with Gasteiger partial charge in [0.15, 0.2) is 16.6 Å². The Hall–Kier alpha value is -7.40. The summed E-state index contributed by atoms with van der Waals surface area (Å²) in [5.41, 5.74) is 6.77. The maximum Gasteiger partial charge on any atom is 0.318 e. The van der Waals surface area contributed by atoms with Crippen LogP contribution in [-0.4, -0.2) is 131 Å². The van der Waals surface area contributed by atoms with Gasteiger partial charge in [-0.05, 0) is 115 Å². The minimum Gasteiger partial charge on any atom is -0.463 e. The lowest BCUT2D eigenvalue weighted by molar-refractivity contribution is -0.128. The van der Waals surface area contributed by atoms with Crippen LogP contribution < -0.4 is 29.1 Å². The summed E-state index contributed by atoms with van der Waals surface area (Å²) >= 11 is 4.71. The van der Waals surface area contributed by atoms with E-state index in [2.05, 4.69) is 198 Å². The third kappa shape index (κ3) is 17.8. The summed E-state index contributed by atoms with van der Waals surface area (Å²) < 4.78 is 25.1. The molecule has 4 aliphatic heterocycles. The zero-order valence-corrected chi connectivity index (χ0v) is 58.2. The number of anilines is 4. The average molecular weight is 1290 g/mol. The number of hydrogen-bond donors (Lipinski definition) is 0. The number of halogens is 1. The molecular weight excluding hydrogens is 1190 g/mol. The molecule has 2 atom stereocenters. The fraction of sp³-hybridized carbons (Fsp3) is 0.493. The largest absolute Gasteiger partial charge is 0.463 e. The minimum absolute atomic E-state index is 0.144. The Morgan fingerprint density at radius 2 is 1.07 bits per heavy atom. The molecule has 17 nitrogen and oxygen atoms in total. The topological polar surface area (TPSA) is 186 Å². The van der Waals surface area contributed by atoms with Gasteiger partial charge in [0.25, 0.3) is 0 Å². The van der Waals surface area contributed by atoms with E-state index in [-0.39, 0.29) is 28.4 Å². The van der Waals surface area contributed by atoms with E-state index in [0.717, 1.165) is 106 Å². The van der Waals surface area contributed by atoms with Crippen molar-refractivity contribution < 1.29 is 27.9 Å². The van der Waals surface area contributed by atoms with Gasteiger partial charge < -0.3 is 42.8 Å². The molecule has 20 heteroatoms. The van der Waals surface area contributed by atoms with Gasteiger partial charge in [-0.25, -0.2) is 0 Å². The predicted octanol–water partition coefficient (Wildman–Crippen LogP) is 14.2. The highest BCUT2D eigenvalue weighted by molar-refractivity contribution is 6.74. The summed E-state index contributed by atoms with van der Waals surface area (Å²) in [4.78, 5) is 53.1. The van der Waals surface area contributed by atoms with Crippen LogP contribution in [0.25, 0.3) is 21.5 Å². The molecule has 2 unspecified atom stereocenters. The summed E-state index contributed by atoms with van der Waals surface area (Å²) in [6.45, 7) is 38.2. The second-order valence-corrected chi connectivity index (χ2v) is 37.0. The van der Waals surface area contributed by atoms with Gasteiger partial charge in [-0.1, -0.05) is 127 Å². The van der Waals surface area contributed by atoms with Crippen molar-refractivity contribution in [2.75, 3.05) is 91.8 Å².